The van der Waals surface area contributed by atoms with Crippen LogP contribution in [0.4, 0.5) is 0 Å². The average molecular weight is 729 g/mol. The van der Waals surface area contributed by atoms with E-state index in [1.807, 2.05) is 0 Å². The third kappa shape index (κ3) is 32.7. The van der Waals surface area contributed by atoms with Crippen LogP contribution >= 0.6 is 0 Å². The molecule has 0 aliphatic carbocycles. The lowest BCUT2D eigenvalue weighted by molar-refractivity contribution is 0.135. The molecule has 2 heteroatoms. The third-order valence-electron chi connectivity index (χ3n) is 12.3. The second-order valence-electron chi connectivity index (χ2n) is 17.5. The summed E-state index contributed by atoms with van der Waals surface area (Å²) >= 11 is 0. The lowest BCUT2D eigenvalue weighted by Crippen LogP contribution is -2.39. The molecule has 0 amide bonds. The van der Waals surface area contributed by atoms with Crippen molar-refractivity contribution < 1.29 is 0 Å². The van der Waals surface area contributed by atoms with E-state index in [-0.39, 0.29) is 0 Å². The van der Waals surface area contributed by atoms with Crippen LogP contribution in [0, 0.1) is 0 Å². The standard InChI is InChI=1S/C50H100N2/c1-4-7-10-13-16-19-22-24-25-26-27-29-32-35-38-41-44-47-52-49-48-51(46-43-40-37-34-31-21-18-15-12-9-6-3)50(52)45-42-39-36-33-30-28-23-20-17-14-11-8-5-2/h48-50H,4-47H2,1-3H3. The van der Waals surface area contributed by atoms with Gasteiger partial charge in [-0.1, -0.05) is 265 Å². The van der Waals surface area contributed by atoms with Crippen LogP contribution < -0.4 is 0 Å². The topological polar surface area (TPSA) is 6.48 Å². The molecule has 1 rings (SSSR count). The Kier molecular flexibility index (Phi) is 39.4. The molecule has 1 heterocycles. The van der Waals surface area contributed by atoms with Crippen molar-refractivity contribution in [3.63, 3.8) is 0 Å². The summed E-state index contributed by atoms with van der Waals surface area (Å²) in [6.45, 7) is 9.49. The van der Waals surface area contributed by atoms with Gasteiger partial charge >= 0.3 is 0 Å². The summed E-state index contributed by atoms with van der Waals surface area (Å²) in [7, 11) is 0. The molecule has 52 heavy (non-hydrogen) atoms. The highest BCUT2D eigenvalue weighted by Crippen LogP contribution is 2.24. The van der Waals surface area contributed by atoms with Gasteiger partial charge in [0, 0.05) is 25.5 Å². The second-order valence-corrected chi connectivity index (χ2v) is 17.5. The van der Waals surface area contributed by atoms with E-state index in [4.69, 9.17) is 0 Å². The zero-order valence-corrected chi connectivity index (χ0v) is 36.7. The molecule has 0 fully saturated rings. The van der Waals surface area contributed by atoms with Crippen LogP contribution in [0.2, 0.25) is 0 Å². The second kappa shape index (κ2) is 41.5. The van der Waals surface area contributed by atoms with E-state index in [9.17, 15) is 0 Å². The summed E-state index contributed by atoms with van der Waals surface area (Å²) in [5.41, 5.74) is 0. The molecule has 1 aliphatic rings. The largest absolute Gasteiger partial charge is 0.356 e. The fraction of sp³-hybridized carbons (Fsp3) is 0.960. The molecule has 0 saturated heterocycles. The van der Waals surface area contributed by atoms with Crippen molar-refractivity contribution in [2.75, 3.05) is 13.1 Å². The van der Waals surface area contributed by atoms with E-state index in [0.29, 0.717) is 6.17 Å². The van der Waals surface area contributed by atoms with Crippen molar-refractivity contribution in [3.05, 3.63) is 12.4 Å². The lowest BCUT2D eigenvalue weighted by atomic mass is 10.0. The van der Waals surface area contributed by atoms with Crippen molar-refractivity contribution in [3.8, 4) is 0 Å². The van der Waals surface area contributed by atoms with Gasteiger partial charge in [-0.3, -0.25) is 0 Å². The minimum absolute atomic E-state index is 0.636. The molecule has 0 bridgehead atoms. The summed E-state index contributed by atoms with van der Waals surface area (Å²) in [6, 6.07) is 0. The summed E-state index contributed by atoms with van der Waals surface area (Å²) in [5, 5.41) is 0. The molecule has 0 aromatic heterocycles. The number of hydrogen-bond donors (Lipinski definition) is 0. The van der Waals surface area contributed by atoms with E-state index in [0.717, 1.165) is 0 Å². The van der Waals surface area contributed by atoms with Crippen LogP contribution in [0.25, 0.3) is 0 Å². The predicted molar refractivity (Wildman–Crippen MR) is 237 cm³/mol. The SMILES string of the molecule is CCCCCCCCCCCCCCCCCCCN1C=CN(CCCCCCCCCCCCC)C1CCCCCCCCCCCCCCC. The van der Waals surface area contributed by atoms with Crippen LogP contribution in [0.3, 0.4) is 0 Å². The minimum Gasteiger partial charge on any atom is -0.356 e. The molecule has 1 atom stereocenters. The first-order valence-electron chi connectivity index (χ1n) is 25.0. The molecule has 0 radical (unpaired) electrons. The van der Waals surface area contributed by atoms with Crippen LogP contribution in [-0.4, -0.2) is 29.1 Å². The molecule has 1 unspecified atom stereocenters. The first-order valence-corrected chi connectivity index (χ1v) is 25.0. The van der Waals surface area contributed by atoms with Crippen molar-refractivity contribution >= 4 is 0 Å². The number of rotatable bonds is 44. The monoisotopic (exact) mass is 729 g/mol. The molecule has 1 aliphatic heterocycles. The van der Waals surface area contributed by atoms with E-state index in [1.165, 1.54) is 283 Å². The summed E-state index contributed by atoms with van der Waals surface area (Å²) in [5.74, 6) is 0. The maximum absolute atomic E-state index is 2.74. The third-order valence-corrected chi connectivity index (χ3v) is 12.3. The van der Waals surface area contributed by atoms with Gasteiger partial charge in [0.05, 0.1) is 0 Å². The molecule has 0 saturated carbocycles. The quantitative estimate of drug-likeness (QED) is 0.0576. The first-order chi connectivity index (χ1) is 25.8. The molecule has 310 valence electrons. The van der Waals surface area contributed by atoms with Crippen molar-refractivity contribution in [2.24, 2.45) is 0 Å². The molecule has 0 aromatic rings. The fourth-order valence-corrected chi connectivity index (χ4v) is 8.66. The van der Waals surface area contributed by atoms with Crippen molar-refractivity contribution in [1.82, 2.24) is 9.80 Å². The highest BCUT2D eigenvalue weighted by Gasteiger charge is 2.24. The summed E-state index contributed by atoms with van der Waals surface area (Å²) < 4.78 is 0. The Morgan fingerprint density at radius 2 is 0.442 bits per heavy atom. The van der Waals surface area contributed by atoms with Gasteiger partial charge in [-0.2, -0.15) is 0 Å². The number of unbranched alkanes of at least 4 members (excludes halogenated alkanes) is 38. The van der Waals surface area contributed by atoms with Crippen molar-refractivity contribution in [2.45, 2.75) is 297 Å². The number of nitrogens with zero attached hydrogens (tertiary/aromatic N) is 2. The summed E-state index contributed by atoms with van der Waals surface area (Å²) in [4.78, 5) is 5.48. The molecule has 2 nitrogen and oxygen atoms in total. The maximum Gasteiger partial charge on any atom is 0.101 e. The molecular formula is C50H100N2. The molecule has 0 aromatic carbocycles. The Morgan fingerprint density at radius 3 is 0.673 bits per heavy atom. The van der Waals surface area contributed by atoms with Crippen LogP contribution in [0.1, 0.15) is 290 Å². The lowest BCUT2D eigenvalue weighted by Gasteiger charge is -2.33. The van der Waals surface area contributed by atoms with Gasteiger partial charge in [0.25, 0.3) is 0 Å². The van der Waals surface area contributed by atoms with Gasteiger partial charge in [0.15, 0.2) is 0 Å². The van der Waals surface area contributed by atoms with Gasteiger partial charge in [0.1, 0.15) is 6.17 Å². The van der Waals surface area contributed by atoms with Gasteiger partial charge in [0.2, 0.25) is 0 Å². The van der Waals surface area contributed by atoms with Gasteiger partial charge in [-0.05, 0) is 25.7 Å². The normalized spacial score (nSPS) is 14.4. The Bertz CT molecular complexity index is 688. The highest BCUT2D eigenvalue weighted by molar-refractivity contribution is 4.97. The van der Waals surface area contributed by atoms with Crippen LogP contribution in [-0.2, 0) is 0 Å². The highest BCUT2D eigenvalue weighted by atomic mass is 15.4. The van der Waals surface area contributed by atoms with E-state index < -0.39 is 0 Å². The fourth-order valence-electron chi connectivity index (χ4n) is 8.66. The Labute approximate surface area is 330 Å². The predicted octanol–water partition coefficient (Wildman–Crippen LogP) is 17.8. The first kappa shape index (κ1) is 49.4. The molecule has 0 N–H and O–H groups in total. The van der Waals surface area contributed by atoms with Gasteiger partial charge in [-0.15, -0.1) is 0 Å². The van der Waals surface area contributed by atoms with Crippen molar-refractivity contribution in [1.29, 1.82) is 0 Å². The Morgan fingerprint density at radius 1 is 0.250 bits per heavy atom. The summed E-state index contributed by atoms with van der Waals surface area (Å²) in [6.07, 6.45) is 66.4. The van der Waals surface area contributed by atoms with Crippen LogP contribution in [0.5, 0.6) is 0 Å². The van der Waals surface area contributed by atoms with Crippen LogP contribution in [0.15, 0.2) is 12.4 Å². The van der Waals surface area contributed by atoms with Gasteiger partial charge in [-0.25, -0.2) is 0 Å². The Balaban J connectivity index is 2.18. The van der Waals surface area contributed by atoms with E-state index in [2.05, 4.69) is 43.0 Å². The number of hydrogen-bond acceptors (Lipinski definition) is 2. The van der Waals surface area contributed by atoms with E-state index in [1.54, 1.807) is 0 Å². The van der Waals surface area contributed by atoms with Gasteiger partial charge < -0.3 is 9.80 Å². The maximum atomic E-state index is 2.74. The minimum atomic E-state index is 0.636. The smallest absolute Gasteiger partial charge is 0.101 e. The van der Waals surface area contributed by atoms with E-state index >= 15 is 0 Å². The molecular weight excluding hydrogens is 629 g/mol. The zero-order valence-electron chi connectivity index (χ0n) is 36.7. The zero-order chi connectivity index (χ0) is 37.3. The average Bonchev–Trinajstić information content (AvgIpc) is 3.54. The molecule has 0 spiro atoms. The Hall–Kier alpha value is -0.660.